The summed E-state index contributed by atoms with van der Waals surface area (Å²) in [5.74, 6) is 0.0160. The standard InChI is InChI=1S/C29H38N2O6/c1-6-9-17-37-22-12-10-11-21(18-22)27(32)25-26(20-13-14-23(35-4)24(19-20)36-5)31(29(34)28(25)33)16-15-30(7-2)8-3/h10-14,18-19,26,32H,6-9,15-17H2,1-5H3. The zero-order chi connectivity index (χ0) is 26.9. The highest BCUT2D eigenvalue weighted by Crippen LogP contribution is 2.42. The van der Waals surface area contributed by atoms with Crippen LogP contribution in [0.1, 0.15) is 50.8 Å². The van der Waals surface area contributed by atoms with Crippen molar-refractivity contribution in [3.63, 3.8) is 0 Å². The van der Waals surface area contributed by atoms with Crippen LogP contribution < -0.4 is 14.2 Å². The molecule has 0 bridgehead atoms. The quantitative estimate of drug-likeness (QED) is 0.182. The van der Waals surface area contributed by atoms with Crippen LogP contribution in [0, 0.1) is 0 Å². The number of aliphatic hydroxyl groups is 1. The van der Waals surface area contributed by atoms with E-state index >= 15 is 0 Å². The second kappa shape index (κ2) is 13.1. The van der Waals surface area contributed by atoms with Crippen LogP contribution in [0.5, 0.6) is 17.2 Å². The highest BCUT2D eigenvalue weighted by molar-refractivity contribution is 6.46. The maximum Gasteiger partial charge on any atom is 0.295 e. The number of Topliss-reactive ketones (excluding diaryl/α,β-unsaturated/α-hetero) is 1. The average Bonchev–Trinajstić information content (AvgIpc) is 3.18. The van der Waals surface area contributed by atoms with Crippen LogP contribution in [0.25, 0.3) is 5.76 Å². The van der Waals surface area contributed by atoms with E-state index in [0.29, 0.717) is 48.1 Å². The van der Waals surface area contributed by atoms with E-state index < -0.39 is 17.7 Å². The molecule has 1 fully saturated rings. The van der Waals surface area contributed by atoms with Crippen LogP contribution in [-0.4, -0.2) is 73.6 Å². The zero-order valence-corrected chi connectivity index (χ0v) is 22.5. The number of rotatable bonds is 13. The van der Waals surface area contributed by atoms with E-state index in [4.69, 9.17) is 14.2 Å². The topological polar surface area (TPSA) is 88.5 Å². The zero-order valence-electron chi connectivity index (χ0n) is 22.5. The third kappa shape index (κ3) is 6.25. The predicted octanol–water partition coefficient (Wildman–Crippen LogP) is 4.65. The number of carbonyl (C=O) groups excluding carboxylic acids is 2. The molecule has 1 heterocycles. The Morgan fingerprint density at radius 2 is 1.73 bits per heavy atom. The van der Waals surface area contributed by atoms with Gasteiger partial charge in [0.2, 0.25) is 0 Å². The highest BCUT2D eigenvalue weighted by Gasteiger charge is 2.46. The molecule has 0 radical (unpaired) electrons. The first kappa shape index (κ1) is 28.1. The summed E-state index contributed by atoms with van der Waals surface area (Å²) in [7, 11) is 3.08. The molecule has 200 valence electrons. The van der Waals surface area contributed by atoms with Crippen LogP contribution in [-0.2, 0) is 9.59 Å². The Balaban J connectivity index is 2.10. The van der Waals surface area contributed by atoms with Gasteiger partial charge in [0.15, 0.2) is 11.5 Å². The molecule has 1 amide bonds. The van der Waals surface area contributed by atoms with E-state index in [1.807, 2.05) is 0 Å². The van der Waals surface area contributed by atoms with Crippen LogP contribution in [0.2, 0.25) is 0 Å². The van der Waals surface area contributed by atoms with Gasteiger partial charge in [0.05, 0.1) is 32.4 Å². The second-order valence-corrected chi connectivity index (χ2v) is 8.86. The van der Waals surface area contributed by atoms with Crippen molar-refractivity contribution in [3.8, 4) is 17.2 Å². The molecule has 2 aromatic carbocycles. The number of carbonyl (C=O) groups is 2. The lowest BCUT2D eigenvalue weighted by Crippen LogP contribution is -2.38. The van der Waals surface area contributed by atoms with Gasteiger partial charge in [-0.3, -0.25) is 9.59 Å². The SMILES string of the molecule is CCCCOc1cccc(C(O)=C2C(=O)C(=O)N(CCN(CC)CC)C2c2ccc(OC)c(OC)c2)c1. The number of nitrogens with zero attached hydrogens (tertiary/aromatic N) is 2. The van der Waals surface area contributed by atoms with E-state index in [-0.39, 0.29) is 11.3 Å². The Hall–Kier alpha value is -3.52. The average molecular weight is 511 g/mol. The Labute approximate surface area is 219 Å². The van der Waals surface area contributed by atoms with Crippen LogP contribution >= 0.6 is 0 Å². The molecule has 0 spiro atoms. The number of aliphatic hydroxyl groups excluding tert-OH is 1. The number of likely N-dealkylation sites (tertiary alicyclic amines) is 1. The Kier molecular flexibility index (Phi) is 9.97. The molecule has 0 saturated carbocycles. The van der Waals surface area contributed by atoms with Crippen molar-refractivity contribution in [1.82, 2.24) is 9.80 Å². The fourth-order valence-electron chi connectivity index (χ4n) is 4.49. The molecular weight excluding hydrogens is 472 g/mol. The van der Waals surface area contributed by atoms with Gasteiger partial charge in [-0.1, -0.05) is 45.4 Å². The van der Waals surface area contributed by atoms with Gasteiger partial charge >= 0.3 is 0 Å². The van der Waals surface area contributed by atoms with Gasteiger partial charge in [-0.2, -0.15) is 0 Å². The van der Waals surface area contributed by atoms with Gasteiger partial charge in [0.1, 0.15) is 11.5 Å². The minimum Gasteiger partial charge on any atom is -0.507 e. The lowest BCUT2D eigenvalue weighted by molar-refractivity contribution is -0.140. The van der Waals surface area contributed by atoms with Gasteiger partial charge in [-0.15, -0.1) is 0 Å². The summed E-state index contributed by atoms with van der Waals surface area (Å²) >= 11 is 0. The van der Waals surface area contributed by atoms with Crippen LogP contribution in [0.3, 0.4) is 0 Å². The molecule has 1 aliphatic heterocycles. The minimum atomic E-state index is -0.778. The first-order valence-electron chi connectivity index (χ1n) is 12.9. The third-order valence-corrected chi connectivity index (χ3v) is 6.69. The third-order valence-electron chi connectivity index (χ3n) is 6.69. The molecule has 8 heteroatoms. The van der Waals surface area contributed by atoms with Crippen molar-refractivity contribution in [2.45, 2.75) is 39.7 Å². The van der Waals surface area contributed by atoms with Crippen molar-refractivity contribution in [3.05, 3.63) is 59.2 Å². The fraction of sp³-hybridized carbons (Fsp3) is 0.448. The summed E-state index contributed by atoms with van der Waals surface area (Å²) in [6, 6.07) is 11.5. The Morgan fingerprint density at radius 3 is 2.38 bits per heavy atom. The molecule has 8 nitrogen and oxygen atoms in total. The second-order valence-electron chi connectivity index (χ2n) is 8.86. The van der Waals surface area contributed by atoms with Gasteiger partial charge in [-0.25, -0.2) is 0 Å². The van der Waals surface area contributed by atoms with Crippen LogP contribution in [0.4, 0.5) is 0 Å². The maximum absolute atomic E-state index is 13.4. The molecule has 1 atom stereocenters. The number of ether oxygens (including phenoxy) is 3. The molecule has 1 aliphatic rings. The molecule has 1 N–H and O–H groups in total. The van der Waals surface area contributed by atoms with Gasteiger partial charge in [-0.05, 0) is 49.3 Å². The number of amides is 1. The van der Waals surface area contributed by atoms with Crippen molar-refractivity contribution >= 4 is 17.4 Å². The van der Waals surface area contributed by atoms with E-state index in [2.05, 4.69) is 25.7 Å². The lowest BCUT2D eigenvalue weighted by atomic mass is 9.95. The van der Waals surface area contributed by atoms with Crippen molar-refractivity contribution in [2.75, 3.05) is 47.0 Å². The van der Waals surface area contributed by atoms with Crippen LogP contribution in [0.15, 0.2) is 48.0 Å². The van der Waals surface area contributed by atoms with Gasteiger partial charge < -0.3 is 29.1 Å². The lowest BCUT2D eigenvalue weighted by Gasteiger charge is -2.28. The first-order chi connectivity index (χ1) is 17.9. The Morgan fingerprint density at radius 1 is 1.00 bits per heavy atom. The number of unbranched alkanes of at least 4 members (excludes halogenated alkanes) is 1. The van der Waals surface area contributed by atoms with Gasteiger partial charge in [0, 0.05) is 18.7 Å². The number of benzene rings is 2. The van der Waals surface area contributed by atoms with Crippen molar-refractivity contribution < 1.29 is 28.9 Å². The smallest absolute Gasteiger partial charge is 0.295 e. The molecule has 37 heavy (non-hydrogen) atoms. The highest BCUT2D eigenvalue weighted by atomic mass is 16.5. The minimum absolute atomic E-state index is 0.0440. The van der Waals surface area contributed by atoms with E-state index in [1.165, 1.54) is 12.0 Å². The number of methoxy groups -OCH3 is 2. The Bertz CT molecular complexity index is 1130. The molecular formula is C29H38N2O6. The van der Waals surface area contributed by atoms with E-state index in [0.717, 1.165) is 25.9 Å². The summed E-state index contributed by atoms with van der Waals surface area (Å²) in [5.41, 5.74) is 1.11. The molecule has 0 aliphatic carbocycles. The summed E-state index contributed by atoms with van der Waals surface area (Å²) < 4.78 is 16.7. The number of ketones is 1. The number of hydrogen-bond donors (Lipinski definition) is 1. The normalized spacial score (nSPS) is 16.9. The van der Waals surface area contributed by atoms with Crippen molar-refractivity contribution in [1.29, 1.82) is 0 Å². The summed E-state index contributed by atoms with van der Waals surface area (Å²) in [5, 5.41) is 11.4. The summed E-state index contributed by atoms with van der Waals surface area (Å²) in [4.78, 5) is 30.4. The summed E-state index contributed by atoms with van der Waals surface area (Å²) in [6.07, 6.45) is 1.91. The monoisotopic (exact) mass is 510 g/mol. The predicted molar refractivity (Wildman–Crippen MR) is 143 cm³/mol. The number of likely N-dealkylation sites (N-methyl/N-ethyl adjacent to an activating group) is 1. The van der Waals surface area contributed by atoms with E-state index in [9.17, 15) is 14.7 Å². The molecule has 3 rings (SSSR count). The van der Waals surface area contributed by atoms with Crippen molar-refractivity contribution in [2.24, 2.45) is 0 Å². The number of hydrogen-bond acceptors (Lipinski definition) is 7. The first-order valence-corrected chi connectivity index (χ1v) is 12.9. The van der Waals surface area contributed by atoms with Gasteiger partial charge in [0.25, 0.3) is 11.7 Å². The van der Waals surface area contributed by atoms with E-state index in [1.54, 1.807) is 49.6 Å². The molecule has 2 aromatic rings. The summed E-state index contributed by atoms with van der Waals surface area (Å²) in [6.45, 7) is 9.34. The molecule has 1 unspecified atom stereocenters. The molecule has 1 saturated heterocycles. The molecule has 0 aromatic heterocycles. The maximum atomic E-state index is 13.4. The largest absolute Gasteiger partial charge is 0.507 e. The fourth-order valence-corrected chi connectivity index (χ4v) is 4.49.